The quantitative estimate of drug-likeness (QED) is 0.283. The molecular formula is C35H44BrCl2N5O2. The minimum Gasteiger partial charge on any atom is -0.335 e. The summed E-state index contributed by atoms with van der Waals surface area (Å²) in [5.74, 6) is 0.00641. The van der Waals surface area contributed by atoms with Crippen molar-refractivity contribution in [3.8, 4) is 0 Å². The normalized spacial score (nSPS) is 24.4. The zero-order valence-electron chi connectivity index (χ0n) is 26.5. The first-order chi connectivity index (χ1) is 21.0. The van der Waals surface area contributed by atoms with Crippen LogP contribution in [-0.2, 0) is 11.3 Å². The van der Waals surface area contributed by atoms with Crippen LogP contribution in [0, 0.1) is 13.8 Å². The fourth-order valence-electron chi connectivity index (χ4n) is 7.43. The van der Waals surface area contributed by atoms with Crippen molar-refractivity contribution in [1.82, 2.24) is 19.6 Å². The van der Waals surface area contributed by atoms with Crippen molar-refractivity contribution in [1.29, 1.82) is 0 Å². The molecule has 242 valence electrons. The molecule has 0 radical (unpaired) electrons. The lowest BCUT2D eigenvalue weighted by Gasteiger charge is -2.62. The van der Waals surface area contributed by atoms with Gasteiger partial charge >= 0.3 is 0 Å². The van der Waals surface area contributed by atoms with Crippen molar-refractivity contribution in [3.63, 3.8) is 0 Å². The number of aldehydes is 1. The Bertz CT molecular complexity index is 1470. The average Bonchev–Trinajstić information content (AvgIpc) is 2.99. The summed E-state index contributed by atoms with van der Waals surface area (Å²) in [5.41, 5.74) is 11.4. The van der Waals surface area contributed by atoms with Crippen LogP contribution in [0.2, 0.25) is 10.0 Å². The zero-order valence-corrected chi connectivity index (χ0v) is 29.7. The summed E-state index contributed by atoms with van der Waals surface area (Å²) in [7, 11) is 4.08. The monoisotopic (exact) mass is 715 g/mol. The third kappa shape index (κ3) is 7.33. The second-order valence-electron chi connectivity index (χ2n) is 12.5. The van der Waals surface area contributed by atoms with E-state index in [-0.39, 0.29) is 41.0 Å². The van der Waals surface area contributed by atoms with E-state index in [1.54, 1.807) is 0 Å². The van der Waals surface area contributed by atoms with Gasteiger partial charge in [0.05, 0.1) is 27.8 Å². The summed E-state index contributed by atoms with van der Waals surface area (Å²) in [5, 5.41) is 0.945. The standard InChI is InChI=1S/C35H43Cl2N5O2.BrH/c1-24-18-25(2)20-28(19-24)34(44)40-15-16-42(32(23-40)27-10-11-29(36)30(37)21-27)33-31(38)12-14-41(22-26-8-6-5-7-9-26)35(33,13-17-43)39(3)4;/h5-11,17-21,31-33H,12-16,22-23,38H2,1-4H3;1H. The molecule has 2 N–H and O–H groups in total. The molecule has 4 atom stereocenters. The Morgan fingerprint density at radius 3 is 2.29 bits per heavy atom. The first-order valence-corrected chi connectivity index (χ1v) is 16.0. The molecule has 0 bridgehead atoms. The molecule has 10 heteroatoms. The molecule has 3 aromatic carbocycles. The van der Waals surface area contributed by atoms with Crippen LogP contribution in [0.25, 0.3) is 0 Å². The predicted octanol–water partition coefficient (Wildman–Crippen LogP) is 6.14. The Morgan fingerprint density at radius 2 is 1.67 bits per heavy atom. The summed E-state index contributed by atoms with van der Waals surface area (Å²) in [6, 6.07) is 21.4. The summed E-state index contributed by atoms with van der Waals surface area (Å²) < 4.78 is 0. The van der Waals surface area contributed by atoms with E-state index < -0.39 is 5.66 Å². The van der Waals surface area contributed by atoms with Gasteiger partial charge in [-0.05, 0) is 69.8 Å². The molecule has 2 aliphatic rings. The molecule has 7 nitrogen and oxygen atoms in total. The van der Waals surface area contributed by atoms with E-state index in [0.717, 1.165) is 35.9 Å². The van der Waals surface area contributed by atoms with Crippen LogP contribution in [0.1, 0.15) is 51.5 Å². The van der Waals surface area contributed by atoms with Gasteiger partial charge < -0.3 is 15.4 Å². The molecule has 0 saturated carbocycles. The average molecular weight is 718 g/mol. The molecule has 0 spiro atoms. The van der Waals surface area contributed by atoms with Crippen molar-refractivity contribution < 1.29 is 9.59 Å². The minimum atomic E-state index is -0.677. The van der Waals surface area contributed by atoms with Crippen molar-refractivity contribution in [2.24, 2.45) is 5.73 Å². The molecule has 2 heterocycles. The number of benzene rings is 3. The van der Waals surface area contributed by atoms with Crippen molar-refractivity contribution in [2.45, 2.75) is 57.0 Å². The SMILES string of the molecule is Br.Cc1cc(C)cc(C(=O)N2CCN(C3C(N)CCN(Cc4ccccc4)C3(CC=O)N(C)C)C(c3ccc(Cl)c(Cl)c3)C2)c1. The summed E-state index contributed by atoms with van der Waals surface area (Å²) in [6.45, 7) is 7.07. The summed E-state index contributed by atoms with van der Waals surface area (Å²) >= 11 is 12.9. The smallest absolute Gasteiger partial charge is 0.253 e. The van der Waals surface area contributed by atoms with Gasteiger partial charge in [0.2, 0.25) is 0 Å². The number of likely N-dealkylation sites (N-methyl/N-ethyl adjacent to an activating group) is 1. The highest BCUT2D eigenvalue weighted by Crippen LogP contribution is 2.42. The van der Waals surface area contributed by atoms with Gasteiger partial charge in [-0.15, -0.1) is 17.0 Å². The molecule has 0 aromatic heterocycles. The lowest BCUT2D eigenvalue weighted by molar-refractivity contribution is -0.154. The van der Waals surface area contributed by atoms with E-state index in [2.05, 4.69) is 32.9 Å². The number of amides is 1. The molecule has 2 fully saturated rings. The molecule has 4 unspecified atom stereocenters. The number of aryl methyl sites for hydroxylation is 2. The number of hydrogen-bond donors (Lipinski definition) is 1. The molecule has 45 heavy (non-hydrogen) atoms. The van der Waals surface area contributed by atoms with E-state index in [0.29, 0.717) is 48.2 Å². The van der Waals surface area contributed by atoms with Crippen LogP contribution in [0.15, 0.2) is 66.7 Å². The van der Waals surface area contributed by atoms with Crippen LogP contribution in [0.5, 0.6) is 0 Å². The first-order valence-electron chi connectivity index (χ1n) is 15.3. The first kappa shape index (κ1) is 35.6. The summed E-state index contributed by atoms with van der Waals surface area (Å²) in [6.07, 6.45) is 2.10. The number of carbonyl (C=O) groups excluding carboxylic acids is 2. The molecule has 0 aliphatic carbocycles. The van der Waals surface area contributed by atoms with E-state index in [4.69, 9.17) is 28.9 Å². The topological polar surface area (TPSA) is 73.1 Å². The third-order valence-corrected chi connectivity index (χ3v) is 10.1. The molecule has 2 aliphatic heterocycles. The van der Waals surface area contributed by atoms with Crippen molar-refractivity contribution in [2.75, 3.05) is 40.3 Å². The fourth-order valence-corrected chi connectivity index (χ4v) is 7.74. The molecule has 2 saturated heterocycles. The predicted molar refractivity (Wildman–Crippen MR) is 188 cm³/mol. The highest BCUT2D eigenvalue weighted by molar-refractivity contribution is 8.93. The lowest BCUT2D eigenvalue weighted by atomic mass is 9.79. The maximum absolute atomic E-state index is 13.9. The van der Waals surface area contributed by atoms with Gasteiger partial charge in [0.15, 0.2) is 0 Å². The number of halogens is 3. The van der Waals surface area contributed by atoms with Gasteiger partial charge in [-0.3, -0.25) is 19.5 Å². The highest BCUT2D eigenvalue weighted by Gasteiger charge is 2.55. The van der Waals surface area contributed by atoms with Gasteiger partial charge in [-0.25, -0.2) is 0 Å². The Labute approximate surface area is 288 Å². The summed E-state index contributed by atoms with van der Waals surface area (Å²) in [4.78, 5) is 35.4. The number of nitrogens with zero attached hydrogens (tertiary/aromatic N) is 4. The van der Waals surface area contributed by atoms with Gasteiger partial charge in [-0.2, -0.15) is 0 Å². The van der Waals surface area contributed by atoms with E-state index in [1.165, 1.54) is 5.56 Å². The number of piperidine rings is 1. The number of likely N-dealkylation sites (tertiary alicyclic amines) is 1. The van der Waals surface area contributed by atoms with E-state index in [1.807, 2.05) is 81.4 Å². The van der Waals surface area contributed by atoms with Crippen LogP contribution in [-0.4, -0.2) is 89.8 Å². The van der Waals surface area contributed by atoms with Gasteiger partial charge in [0.25, 0.3) is 5.91 Å². The number of rotatable bonds is 8. The highest BCUT2D eigenvalue weighted by atomic mass is 79.9. The minimum absolute atomic E-state index is 0. The Balaban J connectivity index is 0.00000461. The largest absolute Gasteiger partial charge is 0.335 e. The third-order valence-electron chi connectivity index (χ3n) is 9.40. The van der Waals surface area contributed by atoms with Crippen molar-refractivity contribution >= 4 is 52.4 Å². The Morgan fingerprint density at radius 1 is 0.978 bits per heavy atom. The molecule has 1 amide bonds. The molecular weight excluding hydrogens is 673 g/mol. The molecule has 3 aromatic rings. The number of carbonyl (C=O) groups is 2. The number of piperazine rings is 1. The van der Waals surface area contributed by atoms with Crippen LogP contribution in [0.3, 0.4) is 0 Å². The maximum Gasteiger partial charge on any atom is 0.253 e. The van der Waals surface area contributed by atoms with Crippen LogP contribution < -0.4 is 5.73 Å². The zero-order chi connectivity index (χ0) is 31.6. The van der Waals surface area contributed by atoms with Crippen LogP contribution >= 0.6 is 40.2 Å². The second kappa shape index (κ2) is 15.1. The van der Waals surface area contributed by atoms with Gasteiger partial charge in [-0.1, -0.05) is 76.8 Å². The Hall–Kier alpha value is -2.30. The van der Waals surface area contributed by atoms with Gasteiger partial charge in [0.1, 0.15) is 6.29 Å². The number of nitrogens with two attached hydrogens (primary N) is 1. The van der Waals surface area contributed by atoms with E-state index in [9.17, 15) is 9.59 Å². The lowest BCUT2D eigenvalue weighted by Crippen LogP contribution is -2.77. The fraction of sp³-hybridized carbons (Fsp3) is 0.429. The van der Waals surface area contributed by atoms with Crippen LogP contribution in [0.4, 0.5) is 0 Å². The van der Waals surface area contributed by atoms with Gasteiger partial charge in [0, 0.05) is 50.7 Å². The van der Waals surface area contributed by atoms with Crippen molar-refractivity contribution in [3.05, 3.63) is 105 Å². The number of hydrogen-bond acceptors (Lipinski definition) is 6. The molecule has 5 rings (SSSR count). The van der Waals surface area contributed by atoms with E-state index >= 15 is 0 Å². The second-order valence-corrected chi connectivity index (χ2v) is 13.3. The Kier molecular flexibility index (Phi) is 11.9. The maximum atomic E-state index is 13.9.